The molecule has 2 aromatic rings. The predicted octanol–water partition coefficient (Wildman–Crippen LogP) is 6.49. The van der Waals surface area contributed by atoms with Gasteiger partial charge in [0.05, 0.1) is 12.2 Å². The average Bonchev–Trinajstić information content (AvgIpc) is 2.83. The summed E-state index contributed by atoms with van der Waals surface area (Å²) in [5.41, 5.74) is 6.67. The summed E-state index contributed by atoms with van der Waals surface area (Å²) in [6.45, 7) is 12.3. The SMILES string of the molecule is CC.CCCCCCCOc1ccc(C(=O)Oc2ccc(CC(N)C(=O)OC(C)(C)C)cc2)cc1. The van der Waals surface area contributed by atoms with Crippen molar-refractivity contribution >= 4 is 11.9 Å². The molecule has 0 amide bonds. The molecule has 0 spiro atoms. The fourth-order valence-electron chi connectivity index (χ4n) is 3.16. The van der Waals surface area contributed by atoms with Crippen LogP contribution in [0.25, 0.3) is 0 Å². The zero-order valence-corrected chi connectivity index (χ0v) is 22.3. The molecule has 0 aromatic heterocycles. The highest BCUT2D eigenvalue weighted by Crippen LogP contribution is 2.18. The van der Waals surface area contributed by atoms with Gasteiger partial charge in [0.15, 0.2) is 0 Å². The molecule has 6 heteroatoms. The standard InChI is InChI=1S/C27H37NO5.C2H6/c1-5-6-7-8-9-18-31-22-16-12-21(13-17-22)25(29)32-23-14-10-20(11-15-23)19-24(28)26(30)33-27(2,3)4;1-2/h10-17,24H,5-9,18-19,28H2,1-4H3;1-2H3. The van der Waals surface area contributed by atoms with Crippen LogP contribution < -0.4 is 15.2 Å². The van der Waals surface area contributed by atoms with Crippen molar-refractivity contribution in [1.29, 1.82) is 0 Å². The van der Waals surface area contributed by atoms with Crippen LogP contribution in [0.2, 0.25) is 0 Å². The highest BCUT2D eigenvalue weighted by molar-refractivity contribution is 5.91. The van der Waals surface area contributed by atoms with Crippen LogP contribution in [0.15, 0.2) is 48.5 Å². The van der Waals surface area contributed by atoms with E-state index in [9.17, 15) is 9.59 Å². The molecule has 6 nitrogen and oxygen atoms in total. The van der Waals surface area contributed by atoms with Gasteiger partial charge in [-0.2, -0.15) is 0 Å². The minimum Gasteiger partial charge on any atom is -0.494 e. The molecule has 0 heterocycles. The van der Waals surface area contributed by atoms with Crippen LogP contribution in [0.1, 0.15) is 89.6 Å². The van der Waals surface area contributed by atoms with E-state index in [-0.39, 0.29) is 0 Å². The van der Waals surface area contributed by atoms with E-state index in [0.29, 0.717) is 24.3 Å². The summed E-state index contributed by atoms with van der Waals surface area (Å²) in [4.78, 5) is 24.5. The zero-order valence-electron chi connectivity index (χ0n) is 22.3. The molecule has 0 saturated carbocycles. The van der Waals surface area contributed by atoms with Crippen molar-refractivity contribution in [3.8, 4) is 11.5 Å². The van der Waals surface area contributed by atoms with Gasteiger partial charge in [0.1, 0.15) is 23.1 Å². The fourth-order valence-corrected chi connectivity index (χ4v) is 3.16. The normalized spacial score (nSPS) is 11.6. The summed E-state index contributed by atoms with van der Waals surface area (Å²) in [6, 6.07) is 13.1. The molecule has 2 N–H and O–H groups in total. The molecule has 2 rings (SSSR count). The number of ether oxygens (including phenoxy) is 3. The largest absolute Gasteiger partial charge is 0.494 e. The Balaban J connectivity index is 0.00000298. The Kier molecular flexibility index (Phi) is 13.7. The van der Waals surface area contributed by atoms with Crippen LogP contribution >= 0.6 is 0 Å². The minimum atomic E-state index is -0.755. The van der Waals surface area contributed by atoms with Gasteiger partial charge in [-0.25, -0.2) is 4.79 Å². The van der Waals surface area contributed by atoms with Crippen LogP contribution in [-0.2, 0) is 16.0 Å². The van der Waals surface area contributed by atoms with Crippen molar-refractivity contribution in [1.82, 2.24) is 0 Å². The number of hydrogen-bond acceptors (Lipinski definition) is 6. The maximum atomic E-state index is 12.4. The van der Waals surface area contributed by atoms with Gasteiger partial charge in [0.2, 0.25) is 0 Å². The van der Waals surface area contributed by atoms with Crippen molar-refractivity contribution in [2.24, 2.45) is 5.73 Å². The summed E-state index contributed by atoms with van der Waals surface area (Å²) >= 11 is 0. The van der Waals surface area contributed by atoms with E-state index in [4.69, 9.17) is 19.9 Å². The Hall–Kier alpha value is -2.86. The van der Waals surface area contributed by atoms with Crippen molar-refractivity contribution < 1.29 is 23.8 Å². The van der Waals surface area contributed by atoms with Crippen LogP contribution in [-0.4, -0.2) is 30.2 Å². The van der Waals surface area contributed by atoms with E-state index in [0.717, 1.165) is 17.7 Å². The van der Waals surface area contributed by atoms with Crippen LogP contribution in [0.3, 0.4) is 0 Å². The lowest BCUT2D eigenvalue weighted by Gasteiger charge is -2.22. The molecule has 0 aliphatic carbocycles. The Morgan fingerprint density at radius 2 is 1.43 bits per heavy atom. The molecule has 1 unspecified atom stereocenters. The summed E-state index contributed by atoms with van der Waals surface area (Å²) in [5.74, 6) is 0.274. The third kappa shape index (κ3) is 12.4. The molecular formula is C29H43NO5. The number of benzene rings is 2. The number of esters is 2. The van der Waals surface area contributed by atoms with E-state index < -0.39 is 23.6 Å². The number of carbonyl (C=O) groups excluding carboxylic acids is 2. The lowest BCUT2D eigenvalue weighted by Crippen LogP contribution is -2.38. The van der Waals surface area contributed by atoms with Crippen LogP contribution in [0, 0.1) is 0 Å². The molecule has 2 aromatic carbocycles. The second-order valence-electron chi connectivity index (χ2n) is 9.16. The van der Waals surface area contributed by atoms with Gasteiger partial charge in [-0.05, 0) is 75.6 Å². The molecule has 0 aliphatic rings. The fraction of sp³-hybridized carbons (Fsp3) is 0.517. The van der Waals surface area contributed by atoms with Crippen LogP contribution in [0.5, 0.6) is 11.5 Å². The third-order valence-corrected chi connectivity index (χ3v) is 4.91. The molecule has 194 valence electrons. The summed E-state index contributed by atoms with van der Waals surface area (Å²) in [7, 11) is 0. The van der Waals surface area contributed by atoms with E-state index in [1.54, 1.807) is 69.3 Å². The molecular weight excluding hydrogens is 442 g/mol. The Labute approximate surface area is 211 Å². The first-order valence-electron chi connectivity index (χ1n) is 12.7. The first-order valence-corrected chi connectivity index (χ1v) is 12.7. The quantitative estimate of drug-likeness (QED) is 0.210. The van der Waals surface area contributed by atoms with E-state index >= 15 is 0 Å². The maximum absolute atomic E-state index is 12.4. The summed E-state index contributed by atoms with van der Waals surface area (Å²) in [5, 5.41) is 0. The van der Waals surface area contributed by atoms with Gasteiger partial charge < -0.3 is 19.9 Å². The van der Waals surface area contributed by atoms with Gasteiger partial charge in [-0.15, -0.1) is 0 Å². The van der Waals surface area contributed by atoms with Gasteiger partial charge in [-0.3, -0.25) is 4.79 Å². The Bertz CT molecular complexity index is 869. The van der Waals surface area contributed by atoms with Crippen molar-refractivity contribution in [3.05, 3.63) is 59.7 Å². The second-order valence-corrected chi connectivity index (χ2v) is 9.16. The first kappa shape index (κ1) is 30.2. The number of rotatable bonds is 12. The topological polar surface area (TPSA) is 87.9 Å². The lowest BCUT2D eigenvalue weighted by molar-refractivity contribution is -0.156. The van der Waals surface area contributed by atoms with Gasteiger partial charge >= 0.3 is 11.9 Å². The Morgan fingerprint density at radius 3 is 2.00 bits per heavy atom. The molecule has 0 aliphatic heterocycles. The van der Waals surface area contributed by atoms with Crippen molar-refractivity contribution in [3.63, 3.8) is 0 Å². The summed E-state index contributed by atoms with van der Waals surface area (Å²) < 4.78 is 16.5. The van der Waals surface area contributed by atoms with Gasteiger partial charge in [-0.1, -0.05) is 58.6 Å². The highest BCUT2D eigenvalue weighted by atomic mass is 16.6. The summed E-state index contributed by atoms with van der Waals surface area (Å²) in [6.07, 6.45) is 6.27. The Morgan fingerprint density at radius 1 is 0.857 bits per heavy atom. The average molecular weight is 486 g/mol. The van der Waals surface area contributed by atoms with E-state index in [1.807, 2.05) is 13.8 Å². The van der Waals surface area contributed by atoms with E-state index in [1.165, 1.54) is 25.7 Å². The third-order valence-electron chi connectivity index (χ3n) is 4.91. The molecule has 0 saturated heterocycles. The van der Waals surface area contributed by atoms with Crippen LogP contribution in [0.4, 0.5) is 0 Å². The number of carbonyl (C=O) groups is 2. The number of nitrogens with two attached hydrogens (primary N) is 1. The smallest absolute Gasteiger partial charge is 0.343 e. The molecule has 0 radical (unpaired) electrons. The lowest BCUT2D eigenvalue weighted by atomic mass is 10.1. The van der Waals surface area contributed by atoms with Crippen molar-refractivity contribution in [2.45, 2.75) is 91.7 Å². The zero-order chi connectivity index (χ0) is 26.3. The molecule has 35 heavy (non-hydrogen) atoms. The molecule has 1 atom stereocenters. The van der Waals surface area contributed by atoms with E-state index in [2.05, 4.69) is 6.92 Å². The van der Waals surface area contributed by atoms with Gasteiger partial charge in [0, 0.05) is 0 Å². The number of hydrogen-bond donors (Lipinski definition) is 1. The minimum absolute atomic E-state index is 0.337. The maximum Gasteiger partial charge on any atom is 0.343 e. The van der Waals surface area contributed by atoms with Gasteiger partial charge in [0.25, 0.3) is 0 Å². The predicted molar refractivity (Wildman–Crippen MR) is 141 cm³/mol. The second kappa shape index (κ2) is 15.9. The van der Waals surface area contributed by atoms with Crippen molar-refractivity contribution in [2.75, 3.05) is 6.61 Å². The monoisotopic (exact) mass is 485 g/mol. The first-order chi connectivity index (χ1) is 16.7. The molecule has 0 bridgehead atoms. The highest BCUT2D eigenvalue weighted by Gasteiger charge is 2.22. The number of unbranched alkanes of at least 4 members (excludes halogenated alkanes) is 4. The molecule has 0 fully saturated rings.